The summed E-state index contributed by atoms with van der Waals surface area (Å²) in [5.41, 5.74) is 0.268. The fraction of sp³-hybridized carbons (Fsp3) is 0.360. The third-order valence-corrected chi connectivity index (χ3v) is 6.40. The summed E-state index contributed by atoms with van der Waals surface area (Å²) in [5.74, 6) is -0.778. The summed E-state index contributed by atoms with van der Waals surface area (Å²) in [6.07, 6.45) is 4.02. The Morgan fingerprint density at radius 2 is 1.62 bits per heavy atom. The van der Waals surface area contributed by atoms with Crippen molar-refractivity contribution in [2.24, 2.45) is 11.3 Å². The SMILES string of the molecule is CCCC1C=C[C@]12[C@H](OP)O[C@H](COC(=O)c1ccccc1)[C@H]2OC(=O)c1ccccc1. The minimum Gasteiger partial charge on any atom is -0.459 e. The monoisotopic (exact) mass is 454 g/mol. The van der Waals surface area contributed by atoms with Crippen LogP contribution in [0.1, 0.15) is 40.5 Å². The summed E-state index contributed by atoms with van der Waals surface area (Å²) in [6, 6.07) is 17.6. The number of benzene rings is 2. The molecule has 32 heavy (non-hydrogen) atoms. The molecule has 168 valence electrons. The summed E-state index contributed by atoms with van der Waals surface area (Å²) in [5, 5.41) is 0. The lowest BCUT2D eigenvalue weighted by atomic mass is 9.61. The topological polar surface area (TPSA) is 71.1 Å². The van der Waals surface area contributed by atoms with Crippen LogP contribution in [0.5, 0.6) is 0 Å². The van der Waals surface area contributed by atoms with Crippen LogP contribution in [0.25, 0.3) is 0 Å². The van der Waals surface area contributed by atoms with Crippen molar-refractivity contribution in [2.45, 2.75) is 38.3 Å². The molecule has 0 bridgehead atoms. The van der Waals surface area contributed by atoms with Crippen molar-refractivity contribution < 1.29 is 28.3 Å². The molecule has 6 nitrogen and oxygen atoms in total. The molecule has 2 aromatic carbocycles. The first kappa shape index (κ1) is 22.7. The van der Waals surface area contributed by atoms with Gasteiger partial charge in [0.25, 0.3) is 0 Å². The van der Waals surface area contributed by atoms with Gasteiger partial charge in [0.2, 0.25) is 0 Å². The molecule has 7 heteroatoms. The molecule has 1 heterocycles. The van der Waals surface area contributed by atoms with Crippen LogP contribution in [0.15, 0.2) is 72.8 Å². The Labute approximate surface area is 190 Å². The lowest BCUT2D eigenvalue weighted by Gasteiger charge is -2.46. The number of hydrogen-bond donors (Lipinski definition) is 0. The normalized spacial score (nSPS) is 28.3. The Balaban J connectivity index is 1.57. The largest absolute Gasteiger partial charge is 0.459 e. The zero-order valence-corrected chi connectivity index (χ0v) is 19.0. The summed E-state index contributed by atoms with van der Waals surface area (Å²) < 4.78 is 23.3. The quantitative estimate of drug-likeness (QED) is 0.331. The highest BCUT2D eigenvalue weighted by Gasteiger charge is 2.64. The Bertz CT molecular complexity index is 963. The van der Waals surface area contributed by atoms with Gasteiger partial charge in [-0.15, -0.1) is 0 Å². The molecule has 0 amide bonds. The summed E-state index contributed by atoms with van der Waals surface area (Å²) in [4.78, 5) is 25.4. The molecule has 1 aliphatic heterocycles. The van der Waals surface area contributed by atoms with Crippen LogP contribution in [-0.2, 0) is 18.7 Å². The smallest absolute Gasteiger partial charge is 0.338 e. The molecule has 1 saturated heterocycles. The van der Waals surface area contributed by atoms with E-state index in [1.807, 2.05) is 18.2 Å². The van der Waals surface area contributed by atoms with E-state index in [2.05, 4.69) is 22.5 Å². The number of allylic oxidation sites excluding steroid dienone is 1. The minimum absolute atomic E-state index is 0.0561. The maximum atomic E-state index is 12.9. The number of carbonyl (C=O) groups excluding carboxylic acids is 2. The Morgan fingerprint density at radius 3 is 2.16 bits per heavy atom. The Hall–Kier alpha value is -2.53. The van der Waals surface area contributed by atoms with Gasteiger partial charge in [0.05, 0.1) is 16.5 Å². The van der Waals surface area contributed by atoms with E-state index in [1.54, 1.807) is 48.5 Å². The predicted octanol–water partition coefficient (Wildman–Crippen LogP) is 4.57. The van der Waals surface area contributed by atoms with Gasteiger partial charge in [-0.25, -0.2) is 9.59 Å². The number of carbonyl (C=O) groups is 2. The number of hydrogen-bond acceptors (Lipinski definition) is 6. The Morgan fingerprint density at radius 1 is 1.00 bits per heavy atom. The van der Waals surface area contributed by atoms with E-state index in [0.717, 1.165) is 12.8 Å². The van der Waals surface area contributed by atoms with E-state index in [1.165, 1.54) is 0 Å². The minimum atomic E-state index is -0.662. The van der Waals surface area contributed by atoms with E-state index < -0.39 is 35.9 Å². The molecule has 2 unspecified atom stereocenters. The molecule has 6 atom stereocenters. The predicted molar refractivity (Wildman–Crippen MR) is 122 cm³/mol. The van der Waals surface area contributed by atoms with E-state index in [-0.39, 0.29) is 12.5 Å². The van der Waals surface area contributed by atoms with Gasteiger partial charge in [-0.05, 0) is 36.6 Å². The average Bonchev–Trinajstić information content (AvgIpc) is 3.16. The Kier molecular flexibility index (Phi) is 7.04. The van der Waals surface area contributed by atoms with Crippen molar-refractivity contribution >= 4 is 21.4 Å². The van der Waals surface area contributed by atoms with Gasteiger partial charge in [0.1, 0.15) is 18.8 Å². The number of esters is 2. The second-order valence-corrected chi connectivity index (χ2v) is 8.33. The fourth-order valence-electron chi connectivity index (χ4n) is 4.50. The fourth-order valence-corrected chi connectivity index (χ4v) is 4.80. The van der Waals surface area contributed by atoms with E-state index in [9.17, 15) is 9.59 Å². The van der Waals surface area contributed by atoms with Crippen LogP contribution in [0.4, 0.5) is 0 Å². The van der Waals surface area contributed by atoms with Gasteiger partial charge < -0.3 is 18.7 Å². The standard InChI is InChI=1S/C25H27O6P/c1-2-9-19-14-15-25(19)21(30-23(27)18-12-7-4-8-13-18)20(29-24(25)31-32)16-28-22(26)17-10-5-3-6-11-17/h3-8,10-15,19-21,24H,2,9,16,32H2,1H3/t19?,20-,21-,24+,25+/m1/s1. The number of rotatable bonds is 8. The van der Waals surface area contributed by atoms with Crippen LogP contribution in [0.3, 0.4) is 0 Å². The van der Waals surface area contributed by atoms with Gasteiger partial charge >= 0.3 is 11.9 Å². The number of ether oxygens (including phenoxy) is 3. The van der Waals surface area contributed by atoms with E-state index in [4.69, 9.17) is 18.7 Å². The maximum Gasteiger partial charge on any atom is 0.338 e. The molecular weight excluding hydrogens is 427 g/mol. The van der Waals surface area contributed by atoms with E-state index in [0.29, 0.717) is 11.1 Å². The first-order valence-electron chi connectivity index (χ1n) is 10.8. The lowest BCUT2D eigenvalue weighted by molar-refractivity contribution is -0.119. The summed E-state index contributed by atoms with van der Waals surface area (Å²) in [6.45, 7) is 2.05. The first-order valence-corrected chi connectivity index (χ1v) is 11.3. The second-order valence-electron chi connectivity index (χ2n) is 8.05. The van der Waals surface area contributed by atoms with Crippen LogP contribution in [0, 0.1) is 11.3 Å². The molecule has 2 aromatic rings. The van der Waals surface area contributed by atoms with Crippen molar-refractivity contribution in [1.29, 1.82) is 0 Å². The van der Waals surface area contributed by atoms with Crippen molar-refractivity contribution in [3.63, 3.8) is 0 Å². The third-order valence-electron chi connectivity index (χ3n) is 6.15. The molecular formula is C25H27O6P. The summed E-state index contributed by atoms with van der Waals surface area (Å²) in [7, 11) is 2.25. The van der Waals surface area contributed by atoms with Crippen molar-refractivity contribution in [2.75, 3.05) is 6.61 Å². The summed E-state index contributed by atoms with van der Waals surface area (Å²) >= 11 is 0. The van der Waals surface area contributed by atoms with Crippen molar-refractivity contribution in [1.82, 2.24) is 0 Å². The maximum absolute atomic E-state index is 12.9. The molecule has 0 radical (unpaired) electrons. The van der Waals surface area contributed by atoms with Gasteiger partial charge in [0, 0.05) is 9.47 Å². The highest BCUT2D eigenvalue weighted by atomic mass is 31.0. The molecule has 1 fully saturated rings. The van der Waals surface area contributed by atoms with Gasteiger partial charge in [-0.3, -0.25) is 0 Å². The van der Waals surface area contributed by atoms with Crippen LogP contribution in [-0.4, -0.2) is 37.0 Å². The molecule has 1 aliphatic carbocycles. The first-order chi connectivity index (χ1) is 15.6. The molecule has 0 N–H and O–H groups in total. The van der Waals surface area contributed by atoms with Crippen LogP contribution >= 0.6 is 9.47 Å². The molecule has 2 aliphatic rings. The highest BCUT2D eigenvalue weighted by molar-refractivity contribution is 7.09. The highest BCUT2D eigenvalue weighted by Crippen LogP contribution is 2.56. The average molecular weight is 454 g/mol. The molecule has 0 aromatic heterocycles. The lowest BCUT2D eigenvalue weighted by Crippen LogP contribution is -2.52. The molecule has 0 saturated carbocycles. The van der Waals surface area contributed by atoms with Gasteiger partial charge in [-0.2, -0.15) is 0 Å². The van der Waals surface area contributed by atoms with Crippen molar-refractivity contribution in [3.05, 3.63) is 83.9 Å². The van der Waals surface area contributed by atoms with Crippen LogP contribution in [0.2, 0.25) is 0 Å². The van der Waals surface area contributed by atoms with E-state index >= 15 is 0 Å². The molecule has 1 spiro atoms. The third kappa shape index (κ3) is 4.23. The van der Waals surface area contributed by atoms with Crippen LogP contribution < -0.4 is 0 Å². The molecule has 4 rings (SSSR count). The van der Waals surface area contributed by atoms with Gasteiger partial charge in [0.15, 0.2) is 6.29 Å². The zero-order valence-electron chi connectivity index (χ0n) is 17.9. The van der Waals surface area contributed by atoms with Crippen molar-refractivity contribution in [3.8, 4) is 0 Å². The zero-order chi connectivity index (χ0) is 22.6. The van der Waals surface area contributed by atoms with Gasteiger partial charge in [-0.1, -0.05) is 61.9 Å². The second kappa shape index (κ2) is 9.95.